The lowest BCUT2D eigenvalue weighted by Gasteiger charge is -2.12. The Morgan fingerprint density at radius 3 is 2.86 bits per heavy atom. The van der Waals surface area contributed by atoms with Crippen molar-refractivity contribution in [3.8, 4) is 0 Å². The van der Waals surface area contributed by atoms with Crippen molar-refractivity contribution in [1.82, 2.24) is 0 Å². The second kappa shape index (κ2) is 5.29. The van der Waals surface area contributed by atoms with Crippen LogP contribution in [-0.2, 0) is 0 Å². The maximum atomic E-state index is 12.9. The molecule has 0 aliphatic rings. The first-order valence-corrected chi connectivity index (χ1v) is 4.84. The molecule has 78 valence electrons. The molecule has 1 rings (SSSR count). The highest BCUT2D eigenvalue weighted by Crippen LogP contribution is 2.24. The van der Waals surface area contributed by atoms with Crippen LogP contribution in [0.4, 0.5) is 4.39 Å². The van der Waals surface area contributed by atoms with Crippen LogP contribution in [0.3, 0.4) is 0 Å². The van der Waals surface area contributed by atoms with E-state index in [0.29, 0.717) is 23.4 Å². The minimum absolute atomic E-state index is 0.0840. The van der Waals surface area contributed by atoms with Crippen LogP contribution in [0.15, 0.2) is 18.2 Å². The topological polar surface area (TPSA) is 46.2 Å². The Kier molecular flexibility index (Phi) is 4.32. The summed E-state index contributed by atoms with van der Waals surface area (Å²) < 4.78 is 12.9. The Morgan fingerprint density at radius 2 is 2.21 bits per heavy atom. The summed E-state index contributed by atoms with van der Waals surface area (Å²) in [5, 5.41) is 9.09. The summed E-state index contributed by atoms with van der Waals surface area (Å²) in [6.45, 7) is 0.0840. The summed E-state index contributed by atoms with van der Waals surface area (Å²) in [5.74, 6) is -0.344. The quantitative estimate of drug-likeness (QED) is 0.813. The highest BCUT2D eigenvalue weighted by Gasteiger charge is 2.10. The summed E-state index contributed by atoms with van der Waals surface area (Å²) in [7, 11) is 0. The molecule has 1 aromatic rings. The van der Waals surface area contributed by atoms with Gasteiger partial charge in [0.2, 0.25) is 0 Å². The Bertz CT molecular complexity index is 306. The fraction of sp³-hybridized carbons (Fsp3) is 0.400. The number of hydrogen-bond acceptors (Lipinski definition) is 2. The Balaban J connectivity index is 2.77. The summed E-state index contributed by atoms with van der Waals surface area (Å²) in [4.78, 5) is 0. The second-order valence-electron chi connectivity index (χ2n) is 3.14. The fourth-order valence-corrected chi connectivity index (χ4v) is 1.52. The molecule has 0 spiro atoms. The number of hydrogen-bond donors (Lipinski definition) is 2. The molecule has 0 bridgehead atoms. The highest BCUT2D eigenvalue weighted by atomic mass is 35.5. The van der Waals surface area contributed by atoms with Gasteiger partial charge in [-0.2, -0.15) is 0 Å². The third kappa shape index (κ3) is 2.94. The van der Waals surface area contributed by atoms with Gasteiger partial charge in [-0.15, -0.1) is 0 Å². The van der Waals surface area contributed by atoms with Crippen LogP contribution in [0.5, 0.6) is 0 Å². The number of benzene rings is 1. The minimum atomic E-state index is -0.344. The van der Waals surface area contributed by atoms with Gasteiger partial charge in [-0.25, -0.2) is 4.39 Å². The van der Waals surface area contributed by atoms with Gasteiger partial charge in [0, 0.05) is 17.7 Å². The van der Waals surface area contributed by atoms with Crippen molar-refractivity contribution in [3.63, 3.8) is 0 Å². The van der Waals surface area contributed by atoms with Gasteiger partial charge in [-0.1, -0.05) is 11.6 Å². The van der Waals surface area contributed by atoms with Gasteiger partial charge in [0.1, 0.15) is 5.82 Å². The molecule has 0 fully saturated rings. The van der Waals surface area contributed by atoms with Crippen LogP contribution in [0.1, 0.15) is 24.4 Å². The van der Waals surface area contributed by atoms with Gasteiger partial charge < -0.3 is 10.8 Å². The zero-order chi connectivity index (χ0) is 10.6. The standard InChI is InChI=1S/C10H13ClFNO/c11-9-4-3-7(12)6-8(9)10(13)2-1-5-14/h3-4,6,10,14H,1-2,5,13H2/t10-/m1/s1. The molecule has 0 aliphatic heterocycles. The van der Waals surface area contributed by atoms with Crippen molar-refractivity contribution < 1.29 is 9.50 Å². The molecule has 14 heavy (non-hydrogen) atoms. The lowest BCUT2D eigenvalue weighted by Crippen LogP contribution is -2.11. The molecule has 0 heterocycles. The number of rotatable bonds is 4. The van der Waals surface area contributed by atoms with Crippen LogP contribution >= 0.6 is 11.6 Å². The summed E-state index contributed by atoms with van der Waals surface area (Å²) in [5.41, 5.74) is 6.39. The van der Waals surface area contributed by atoms with Crippen molar-refractivity contribution >= 4 is 11.6 Å². The maximum absolute atomic E-state index is 12.9. The van der Waals surface area contributed by atoms with Crippen LogP contribution in [0.25, 0.3) is 0 Å². The van der Waals surface area contributed by atoms with Crippen LogP contribution < -0.4 is 5.73 Å². The first-order chi connectivity index (χ1) is 6.65. The number of halogens is 2. The first-order valence-electron chi connectivity index (χ1n) is 4.46. The molecule has 0 aliphatic carbocycles. The summed E-state index contributed by atoms with van der Waals surface area (Å²) >= 11 is 5.86. The van der Waals surface area contributed by atoms with Crippen LogP contribution in [-0.4, -0.2) is 11.7 Å². The van der Waals surface area contributed by atoms with E-state index in [9.17, 15) is 4.39 Å². The summed E-state index contributed by atoms with van der Waals surface area (Å²) in [6, 6.07) is 3.81. The second-order valence-corrected chi connectivity index (χ2v) is 3.55. The van der Waals surface area contributed by atoms with Gasteiger partial charge in [0.25, 0.3) is 0 Å². The molecular weight excluding hydrogens is 205 g/mol. The zero-order valence-electron chi connectivity index (χ0n) is 7.71. The number of aliphatic hydroxyl groups is 1. The number of nitrogens with two attached hydrogens (primary N) is 1. The van der Waals surface area contributed by atoms with E-state index in [4.69, 9.17) is 22.4 Å². The molecule has 0 aromatic heterocycles. The zero-order valence-corrected chi connectivity index (χ0v) is 8.47. The molecule has 0 unspecified atom stereocenters. The average molecular weight is 218 g/mol. The normalized spacial score (nSPS) is 12.9. The molecule has 0 amide bonds. The highest BCUT2D eigenvalue weighted by molar-refractivity contribution is 6.31. The molecule has 1 atom stereocenters. The molecule has 3 N–H and O–H groups in total. The molecule has 1 aromatic carbocycles. The van der Waals surface area contributed by atoms with Crippen LogP contribution in [0.2, 0.25) is 5.02 Å². The Morgan fingerprint density at radius 1 is 1.50 bits per heavy atom. The predicted octanol–water partition coefficient (Wildman–Crippen LogP) is 2.25. The van der Waals surface area contributed by atoms with Crippen molar-refractivity contribution in [2.45, 2.75) is 18.9 Å². The lowest BCUT2D eigenvalue weighted by atomic mass is 10.0. The van der Waals surface area contributed by atoms with Crippen molar-refractivity contribution in [1.29, 1.82) is 0 Å². The molecule has 0 saturated heterocycles. The SMILES string of the molecule is N[C@H](CCCO)c1cc(F)ccc1Cl. The molecule has 0 saturated carbocycles. The van der Waals surface area contributed by atoms with Crippen molar-refractivity contribution in [3.05, 3.63) is 34.6 Å². The number of aliphatic hydroxyl groups excluding tert-OH is 1. The smallest absolute Gasteiger partial charge is 0.123 e. The monoisotopic (exact) mass is 217 g/mol. The average Bonchev–Trinajstić information content (AvgIpc) is 2.18. The van der Waals surface area contributed by atoms with Gasteiger partial charge in [-0.05, 0) is 36.6 Å². The predicted molar refractivity (Wildman–Crippen MR) is 54.7 cm³/mol. The van der Waals surface area contributed by atoms with Crippen LogP contribution in [0, 0.1) is 5.82 Å². The van der Waals surface area contributed by atoms with E-state index in [2.05, 4.69) is 0 Å². The minimum Gasteiger partial charge on any atom is -0.396 e. The molecule has 2 nitrogen and oxygen atoms in total. The van der Waals surface area contributed by atoms with E-state index in [0.717, 1.165) is 0 Å². The van der Waals surface area contributed by atoms with E-state index in [1.807, 2.05) is 0 Å². The van der Waals surface area contributed by atoms with Gasteiger partial charge in [-0.3, -0.25) is 0 Å². The molecule has 4 heteroatoms. The molecule has 0 radical (unpaired) electrons. The molecular formula is C10H13ClFNO. The van der Waals surface area contributed by atoms with E-state index in [1.54, 1.807) is 0 Å². The summed E-state index contributed by atoms with van der Waals surface area (Å²) in [6.07, 6.45) is 1.19. The van der Waals surface area contributed by atoms with E-state index < -0.39 is 0 Å². The Hall–Kier alpha value is -0.640. The first kappa shape index (κ1) is 11.4. The van der Waals surface area contributed by atoms with E-state index in [-0.39, 0.29) is 18.5 Å². The third-order valence-electron chi connectivity index (χ3n) is 2.03. The lowest BCUT2D eigenvalue weighted by molar-refractivity contribution is 0.280. The van der Waals surface area contributed by atoms with Crippen molar-refractivity contribution in [2.75, 3.05) is 6.61 Å². The van der Waals surface area contributed by atoms with Gasteiger partial charge in [0.05, 0.1) is 0 Å². The third-order valence-corrected chi connectivity index (χ3v) is 2.37. The van der Waals surface area contributed by atoms with E-state index in [1.165, 1.54) is 18.2 Å². The maximum Gasteiger partial charge on any atom is 0.123 e. The van der Waals surface area contributed by atoms with Gasteiger partial charge >= 0.3 is 0 Å². The van der Waals surface area contributed by atoms with E-state index >= 15 is 0 Å². The van der Waals surface area contributed by atoms with Crippen molar-refractivity contribution in [2.24, 2.45) is 5.73 Å². The fourth-order valence-electron chi connectivity index (χ4n) is 1.27. The largest absolute Gasteiger partial charge is 0.396 e. The Labute approximate surface area is 87.5 Å². The van der Waals surface area contributed by atoms with Gasteiger partial charge in [0.15, 0.2) is 0 Å².